The second-order valence-electron chi connectivity index (χ2n) is 9.32. The van der Waals surface area contributed by atoms with Crippen molar-refractivity contribution in [2.75, 3.05) is 36.4 Å². The van der Waals surface area contributed by atoms with Crippen LogP contribution in [0.25, 0.3) is 16.7 Å². The van der Waals surface area contributed by atoms with Gasteiger partial charge in [0.05, 0.1) is 22.7 Å². The van der Waals surface area contributed by atoms with Crippen LogP contribution in [0.3, 0.4) is 0 Å². The number of benzene rings is 1. The van der Waals surface area contributed by atoms with Crippen molar-refractivity contribution in [1.82, 2.24) is 34.4 Å². The van der Waals surface area contributed by atoms with E-state index in [1.807, 2.05) is 25.7 Å². The molecule has 14 heteroatoms. The van der Waals surface area contributed by atoms with Crippen LogP contribution in [-0.2, 0) is 11.3 Å². The highest BCUT2D eigenvalue weighted by Crippen LogP contribution is 2.24. The van der Waals surface area contributed by atoms with Crippen LogP contribution < -0.4 is 10.2 Å². The van der Waals surface area contributed by atoms with E-state index < -0.39 is 17.2 Å². The number of H-pyrrole nitrogens is 1. The van der Waals surface area contributed by atoms with Gasteiger partial charge in [0, 0.05) is 26.2 Å². The fourth-order valence-electron chi connectivity index (χ4n) is 3.83. The van der Waals surface area contributed by atoms with Gasteiger partial charge in [-0.2, -0.15) is 19.6 Å². The number of nitrogens with zero attached hydrogens (tertiary/aromatic N) is 7. The van der Waals surface area contributed by atoms with Crippen molar-refractivity contribution in [1.29, 1.82) is 0 Å². The minimum absolute atomic E-state index is 0.0648. The number of rotatable bonds is 4. The first-order valence-corrected chi connectivity index (χ1v) is 12.1. The molecule has 3 aromatic heterocycles. The summed E-state index contributed by atoms with van der Waals surface area (Å²) in [5.41, 5.74) is 0.320. The van der Waals surface area contributed by atoms with Gasteiger partial charge in [-0.15, -0.1) is 0 Å². The highest BCUT2D eigenvalue weighted by Gasteiger charge is 2.27. The number of aromatic nitrogens is 6. The molecule has 0 saturated carbocycles. The molecule has 4 heterocycles. The molecule has 1 saturated heterocycles. The molecule has 0 spiro atoms. The van der Waals surface area contributed by atoms with Crippen LogP contribution in [-0.4, -0.2) is 72.3 Å². The highest BCUT2D eigenvalue weighted by molar-refractivity contribution is 9.10. The second-order valence-corrected chi connectivity index (χ2v) is 10.2. The van der Waals surface area contributed by atoms with Crippen molar-refractivity contribution in [2.45, 2.75) is 32.9 Å². The van der Waals surface area contributed by atoms with Gasteiger partial charge in [0.15, 0.2) is 17.3 Å². The fraction of sp³-hybridized carbons (Fsp3) is 0.409. The molecule has 2 N–H and O–H groups in total. The lowest BCUT2D eigenvalue weighted by atomic mass is 10.2. The molecule has 1 fully saturated rings. The van der Waals surface area contributed by atoms with Crippen molar-refractivity contribution in [3.05, 3.63) is 40.3 Å². The van der Waals surface area contributed by atoms with Crippen LogP contribution in [0.2, 0.25) is 0 Å². The first kappa shape index (κ1) is 24.2. The Bertz CT molecular complexity index is 1440. The summed E-state index contributed by atoms with van der Waals surface area (Å²) in [6, 6.07) is 2.49. The Morgan fingerprint density at radius 1 is 1.17 bits per heavy atom. The quantitative estimate of drug-likeness (QED) is 0.386. The van der Waals surface area contributed by atoms with Crippen molar-refractivity contribution in [2.24, 2.45) is 0 Å². The average molecular weight is 564 g/mol. The lowest BCUT2D eigenvalue weighted by Gasteiger charge is -2.35. The molecular weight excluding hydrogens is 540 g/mol. The maximum absolute atomic E-state index is 14.0. The molecule has 1 amide bonds. The molecule has 1 aliphatic heterocycles. The van der Waals surface area contributed by atoms with E-state index in [2.05, 4.69) is 46.3 Å². The van der Waals surface area contributed by atoms with E-state index >= 15 is 0 Å². The summed E-state index contributed by atoms with van der Waals surface area (Å²) >= 11 is 3.46. The molecule has 1 aromatic carbocycles. The SMILES string of the molecule is CC(C)(C)OC(=O)N1CCN(c2nc(NCc3nc4c(F)c(F)ccc4[nH]3)n3ncc(Br)c3n2)CC1. The Morgan fingerprint density at radius 2 is 1.92 bits per heavy atom. The minimum Gasteiger partial charge on any atom is -0.444 e. The zero-order valence-corrected chi connectivity index (χ0v) is 21.4. The van der Waals surface area contributed by atoms with Crippen LogP contribution >= 0.6 is 15.9 Å². The summed E-state index contributed by atoms with van der Waals surface area (Å²) in [7, 11) is 0. The maximum Gasteiger partial charge on any atom is 0.410 e. The normalized spacial score (nSPS) is 14.6. The van der Waals surface area contributed by atoms with Crippen molar-refractivity contribution >= 4 is 50.6 Å². The number of carbonyl (C=O) groups excluding carboxylic acids is 1. The number of piperazine rings is 1. The van der Waals surface area contributed by atoms with Crippen LogP contribution in [0.4, 0.5) is 25.5 Å². The van der Waals surface area contributed by atoms with Crippen molar-refractivity contribution in [3.8, 4) is 0 Å². The zero-order valence-electron chi connectivity index (χ0n) is 19.8. The van der Waals surface area contributed by atoms with Gasteiger partial charge in [-0.05, 0) is 48.8 Å². The summed E-state index contributed by atoms with van der Waals surface area (Å²) in [4.78, 5) is 32.4. The van der Waals surface area contributed by atoms with E-state index in [1.165, 1.54) is 10.6 Å². The maximum atomic E-state index is 14.0. The molecule has 190 valence electrons. The molecule has 0 aliphatic carbocycles. The average Bonchev–Trinajstić information content (AvgIpc) is 3.43. The number of carbonyl (C=O) groups is 1. The number of nitrogens with one attached hydrogen (secondary N) is 2. The molecule has 0 bridgehead atoms. The molecule has 0 radical (unpaired) electrons. The van der Waals surface area contributed by atoms with Gasteiger partial charge >= 0.3 is 6.09 Å². The van der Waals surface area contributed by atoms with Crippen LogP contribution in [0.15, 0.2) is 22.8 Å². The summed E-state index contributed by atoms with van der Waals surface area (Å²) < 4.78 is 35.3. The predicted molar refractivity (Wildman–Crippen MR) is 132 cm³/mol. The summed E-state index contributed by atoms with van der Waals surface area (Å²) in [5, 5.41) is 7.46. The van der Waals surface area contributed by atoms with Crippen LogP contribution in [0.1, 0.15) is 26.6 Å². The largest absolute Gasteiger partial charge is 0.444 e. The van der Waals surface area contributed by atoms with E-state index in [-0.39, 0.29) is 18.2 Å². The molecule has 4 aromatic rings. The first-order chi connectivity index (χ1) is 17.1. The molecule has 11 nitrogen and oxygen atoms in total. The third kappa shape index (κ3) is 4.76. The second kappa shape index (κ2) is 9.15. The molecule has 0 atom stereocenters. The van der Waals surface area contributed by atoms with Crippen molar-refractivity contribution < 1.29 is 18.3 Å². The number of anilines is 2. The van der Waals surface area contributed by atoms with Gasteiger partial charge in [-0.25, -0.2) is 18.6 Å². The minimum atomic E-state index is -0.997. The molecule has 1 aliphatic rings. The Balaban J connectivity index is 1.35. The smallest absolute Gasteiger partial charge is 0.410 e. The Hall–Kier alpha value is -3.55. The summed E-state index contributed by atoms with van der Waals surface area (Å²) in [5.74, 6) is -0.692. The van der Waals surface area contributed by atoms with E-state index in [0.717, 1.165) is 6.07 Å². The first-order valence-electron chi connectivity index (χ1n) is 11.3. The Morgan fingerprint density at radius 3 is 2.64 bits per heavy atom. The number of hydrogen-bond acceptors (Lipinski definition) is 8. The topological polar surface area (TPSA) is 117 Å². The number of hydrogen-bond donors (Lipinski definition) is 2. The zero-order chi connectivity index (χ0) is 25.6. The molecular formula is C22H24BrF2N9O2. The monoisotopic (exact) mass is 563 g/mol. The predicted octanol–water partition coefficient (Wildman–Crippen LogP) is 3.71. The number of halogens is 3. The van der Waals surface area contributed by atoms with E-state index in [1.54, 1.807) is 11.1 Å². The Kier molecular flexibility index (Phi) is 6.14. The number of aromatic amines is 1. The fourth-order valence-corrected chi connectivity index (χ4v) is 4.17. The van der Waals surface area contributed by atoms with Gasteiger partial charge in [-0.3, -0.25) is 0 Å². The molecule has 5 rings (SSSR count). The molecule has 0 unspecified atom stereocenters. The van der Waals surface area contributed by atoms with Gasteiger partial charge in [0.1, 0.15) is 16.9 Å². The van der Waals surface area contributed by atoms with Crippen LogP contribution in [0.5, 0.6) is 0 Å². The van der Waals surface area contributed by atoms with E-state index in [0.29, 0.717) is 59.5 Å². The number of amides is 1. The standard InChI is InChI=1S/C22H24BrF2N9O2/c1-22(2,3)36-21(35)33-8-6-32(7-9-33)20-30-18-12(23)10-27-34(18)19(31-20)26-11-15-28-14-5-4-13(24)16(25)17(14)29-15/h4-5,10H,6-9,11H2,1-3H3,(H,28,29)(H,26,30,31). The van der Waals surface area contributed by atoms with Crippen molar-refractivity contribution in [3.63, 3.8) is 0 Å². The molecule has 36 heavy (non-hydrogen) atoms. The third-order valence-electron chi connectivity index (χ3n) is 5.54. The van der Waals surface area contributed by atoms with Gasteiger partial charge < -0.3 is 24.8 Å². The lowest BCUT2D eigenvalue weighted by Crippen LogP contribution is -2.50. The number of imidazole rings is 1. The highest BCUT2D eigenvalue weighted by atomic mass is 79.9. The van der Waals surface area contributed by atoms with Crippen LogP contribution in [0, 0.1) is 11.6 Å². The van der Waals surface area contributed by atoms with E-state index in [4.69, 9.17) is 4.74 Å². The lowest BCUT2D eigenvalue weighted by molar-refractivity contribution is 0.0240. The third-order valence-corrected chi connectivity index (χ3v) is 6.10. The Labute approximate surface area is 213 Å². The summed E-state index contributed by atoms with van der Waals surface area (Å²) in [6.45, 7) is 7.64. The number of ether oxygens (including phenoxy) is 1. The summed E-state index contributed by atoms with van der Waals surface area (Å²) in [6.07, 6.45) is 1.26. The van der Waals surface area contributed by atoms with Gasteiger partial charge in [0.2, 0.25) is 11.9 Å². The number of fused-ring (bicyclic) bond motifs is 2. The van der Waals surface area contributed by atoms with Gasteiger partial charge in [0.25, 0.3) is 0 Å². The van der Waals surface area contributed by atoms with Gasteiger partial charge in [-0.1, -0.05) is 0 Å². The van der Waals surface area contributed by atoms with E-state index in [9.17, 15) is 13.6 Å².